The molecule has 104 valence electrons. The van der Waals surface area contributed by atoms with Crippen molar-refractivity contribution in [1.82, 2.24) is 15.3 Å². The van der Waals surface area contributed by atoms with Crippen LogP contribution in [0.4, 0.5) is 0 Å². The highest BCUT2D eigenvalue weighted by Crippen LogP contribution is 2.18. The number of benzene rings is 1. The molecule has 2 aromatic rings. The fourth-order valence-electron chi connectivity index (χ4n) is 1.94. The summed E-state index contributed by atoms with van der Waals surface area (Å²) in [6, 6.07) is 7.79. The quantitative estimate of drug-likeness (QED) is 0.937. The van der Waals surface area contributed by atoms with E-state index in [-0.39, 0.29) is 11.9 Å². The van der Waals surface area contributed by atoms with Gasteiger partial charge in [-0.1, -0.05) is 28.1 Å². The van der Waals surface area contributed by atoms with Crippen molar-refractivity contribution in [3.8, 4) is 0 Å². The molecule has 0 saturated carbocycles. The third-order valence-electron chi connectivity index (χ3n) is 3.04. The lowest BCUT2D eigenvalue weighted by atomic mass is 10.1. The van der Waals surface area contributed by atoms with Crippen LogP contribution in [0.15, 0.2) is 34.9 Å². The minimum atomic E-state index is -0.157. The molecule has 20 heavy (non-hydrogen) atoms. The normalized spacial score (nSPS) is 12.0. The summed E-state index contributed by atoms with van der Waals surface area (Å²) in [5.74, 6) is 0.508. The number of carbonyl (C=O) groups excluding carboxylic acids is 1. The molecule has 1 heterocycles. The van der Waals surface area contributed by atoms with Crippen LogP contribution in [0.1, 0.15) is 40.4 Å². The number of aromatic nitrogens is 2. The summed E-state index contributed by atoms with van der Waals surface area (Å²) in [5.41, 5.74) is 2.24. The van der Waals surface area contributed by atoms with Crippen LogP contribution in [0, 0.1) is 13.8 Å². The molecule has 2 rings (SSSR count). The van der Waals surface area contributed by atoms with Crippen LogP contribution in [0.3, 0.4) is 0 Å². The first kappa shape index (κ1) is 14.7. The lowest BCUT2D eigenvalue weighted by Gasteiger charge is -2.15. The Hall–Kier alpha value is -1.75. The van der Waals surface area contributed by atoms with Gasteiger partial charge in [0.1, 0.15) is 5.82 Å². The second-order valence-corrected chi connectivity index (χ2v) is 5.58. The number of nitrogens with zero attached hydrogens (tertiary/aromatic N) is 2. The standard InChI is InChI=1S/C15H16BrN3O/c1-9(12-5-4-6-13(16)7-12)19-15(20)14-8-17-11(3)18-10(14)2/h4-9H,1-3H3,(H,19,20)/t9-/m1/s1. The molecule has 1 aromatic carbocycles. The minimum Gasteiger partial charge on any atom is -0.345 e. The van der Waals surface area contributed by atoms with E-state index >= 15 is 0 Å². The monoisotopic (exact) mass is 333 g/mol. The number of hydrogen-bond donors (Lipinski definition) is 1. The number of aryl methyl sites for hydroxylation is 2. The van der Waals surface area contributed by atoms with E-state index in [0.717, 1.165) is 10.0 Å². The molecule has 0 bridgehead atoms. The number of halogens is 1. The van der Waals surface area contributed by atoms with Gasteiger partial charge >= 0.3 is 0 Å². The summed E-state index contributed by atoms with van der Waals surface area (Å²) in [7, 11) is 0. The number of rotatable bonds is 3. The Kier molecular flexibility index (Phi) is 4.49. The number of nitrogens with one attached hydrogen (secondary N) is 1. The van der Waals surface area contributed by atoms with Gasteiger partial charge in [0.2, 0.25) is 0 Å². The summed E-state index contributed by atoms with van der Waals surface area (Å²) in [6.07, 6.45) is 1.57. The van der Waals surface area contributed by atoms with Gasteiger partial charge in [-0.2, -0.15) is 0 Å². The predicted octanol–water partition coefficient (Wildman–Crippen LogP) is 3.35. The Labute approximate surface area is 126 Å². The SMILES string of the molecule is Cc1ncc(C(=O)N[C@H](C)c2cccc(Br)c2)c(C)n1. The molecule has 0 radical (unpaired) electrons. The topological polar surface area (TPSA) is 54.9 Å². The third-order valence-corrected chi connectivity index (χ3v) is 3.53. The molecule has 0 fully saturated rings. The van der Waals surface area contributed by atoms with Crippen molar-refractivity contribution < 1.29 is 4.79 Å². The van der Waals surface area contributed by atoms with Gasteiger partial charge in [-0.25, -0.2) is 9.97 Å². The van der Waals surface area contributed by atoms with Crippen molar-refractivity contribution in [2.75, 3.05) is 0 Å². The lowest BCUT2D eigenvalue weighted by molar-refractivity contribution is 0.0938. The fraction of sp³-hybridized carbons (Fsp3) is 0.267. The van der Waals surface area contributed by atoms with Crippen LogP contribution in [-0.2, 0) is 0 Å². The highest BCUT2D eigenvalue weighted by Gasteiger charge is 2.14. The van der Waals surface area contributed by atoms with Crippen LogP contribution >= 0.6 is 15.9 Å². The van der Waals surface area contributed by atoms with Crippen LogP contribution in [-0.4, -0.2) is 15.9 Å². The van der Waals surface area contributed by atoms with E-state index in [2.05, 4.69) is 31.2 Å². The third kappa shape index (κ3) is 3.42. The van der Waals surface area contributed by atoms with E-state index < -0.39 is 0 Å². The average Bonchev–Trinajstić information content (AvgIpc) is 2.38. The van der Waals surface area contributed by atoms with Gasteiger partial charge in [0.05, 0.1) is 17.3 Å². The van der Waals surface area contributed by atoms with E-state index in [4.69, 9.17) is 0 Å². The Morgan fingerprint density at radius 3 is 2.75 bits per heavy atom. The first-order chi connectivity index (χ1) is 9.47. The summed E-state index contributed by atoms with van der Waals surface area (Å²) < 4.78 is 0.992. The smallest absolute Gasteiger partial charge is 0.255 e. The molecule has 1 N–H and O–H groups in total. The zero-order valence-corrected chi connectivity index (χ0v) is 13.2. The zero-order valence-electron chi connectivity index (χ0n) is 11.6. The molecule has 1 atom stereocenters. The fourth-order valence-corrected chi connectivity index (χ4v) is 2.36. The van der Waals surface area contributed by atoms with Crippen molar-refractivity contribution in [3.63, 3.8) is 0 Å². The van der Waals surface area contributed by atoms with E-state index in [1.807, 2.05) is 38.1 Å². The summed E-state index contributed by atoms with van der Waals surface area (Å²) >= 11 is 3.43. The van der Waals surface area contributed by atoms with E-state index in [9.17, 15) is 4.79 Å². The van der Waals surface area contributed by atoms with Crippen LogP contribution in [0.5, 0.6) is 0 Å². The highest BCUT2D eigenvalue weighted by molar-refractivity contribution is 9.10. The Morgan fingerprint density at radius 2 is 2.10 bits per heavy atom. The first-order valence-corrected chi connectivity index (χ1v) is 7.13. The molecular weight excluding hydrogens is 318 g/mol. The van der Waals surface area contributed by atoms with Crippen LogP contribution in [0.25, 0.3) is 0 Å². The second kappa shape index (κ2) is 6.13. The second-order valence-electron chi connectivity index (χ2n) is 4.67. The van der Waals surface area contributed by atoms with Crippen molar-refractivity contribution in [2.24, 2.45) is 0 Å². The number of hydrogen-bond acceptors (Lipinski definition) is 3. The molecular formula is C15H16BrN3O. The highest BCUT2D eigenvalue weighted by atomic mass is 79.9. The van der Waals surface area contributed by atoms with E-state index in [1.54, 1.807) is 13.1 Å². The maximum atomic E-state index is 12.2. The van der Waals surface area contributed by atoms with Crippen LogP contribution < -0.4 is 5.32 Å². The van der Waals surface area contributed by atoms with Gasteiger partial charge in [0.25, 0.3) is 5.91 Å². The van der Waals surface area contributed by atoms with Crippen molar-refractivity contribution >= 4 is 21.8 Å². The van der Waals surface area contributed by atoms with Crippen molar-refractivity contribution in [2.45, 2.75) is 26.8 Å². The maximum Gasteiger partial charge on any atom is 0.255 e. The molecule has 1 amide bonds. The van der Waals surface area contributed by atoms with Crippen LogP contribution in [0.2, 0.25) is 0 Å². The summed E-state index contributed by atoms with van der Waals surface area (Å²) in [5, 5.41) is 2.96. The Morgan fingerprint density at radius 1 is 1.35 bits per heavy atom. The first-order valence-electron chi connectivity index (χ1n) is 6.34. The molecule has 0 aliphatic carbocycles. The zero-order chi connectivity index (χ0) is 14.7. The van der Waals surface area contributed by atoms with Gasteiger partial charge in [0, 0.05) is 10.7 Å². The summed E-state index contributed by atoms with van der Waals surface area (Å²) in [6.45, 7) is 5.57. The van der Waals surface area contributed by atoms with E-state index in [0.29, 0.717) is 17.1 Å². The number of amides is 1. The molecule has 0 unspecified atom stereocenters. The lowest BCUT2D eigenvalue weighted by Crippen LogP contribution is -2.27. The van der Waals surface area contributed by atoms with Gasteiger partial charge < -0.3 is 5.32 Å². The molecule has 0 aliphatic heterocycles. The van der Waals surface area contributed by atoms with Crippen molar-refractivity contribution in [3.05, 3.63) is 57.6 Å². The maximum absolute atomic E-state index is 12.2. The molecule has 1 aromatic heterocycles. The van der Waals surface area contributed by atoms with Gasteiger partial charge in [-0.05, 0) is 38.5 Å². The molecule has 4 nitrogen and oxygen atoms in total. The molecule has 0 spiro atoms. The minimum absolute atomic E-state index is 0.0827. The molecule has 5 heteroatoms. The van der Waals surface area contributed by atoms with Gasteiger partial charge in [-0.3, -0.25) is 4.79 Å². The van der Waals surface area contributed by atoms with Gasteiger partial charge in [0.15, 0.2) is 0 Å². The Bertz CT molecular complexity index is 643. The molecule has 0 aliphatic rings. The summed E-state index contributed by atoms with van der Waals surface area (Å²) in [4.78, 5) is 20.5. The Balaban J connectivity index is 2.15. The largest absolute Gasteiger partial charge is 0.345 e. The number of carbonyl (C=O) groups is 1. The van der Waals surface area contributed by atoms with Crippen molar-refractivity contribution in [1.29, 1.82) is 0 Å². The molecule has 0 saturated heterocycles. The average molecular weight is 334 g/mol. The van der Waals surface area contributed by atoms with E-state index in [1.165, 1.54) is 0 Å². The van der Waals surface area contributed by atoms with Gasteiger partial charge in [-0.15, -0.1) is 0 Å². The predicted molar refractivity (Wildman–Crippen MR) is 81.5 cm³/mol.